The number of hydrogen-bond acceptors (Lipinski definition) is 6. The molecule has 2 saturated heterocycles. The Morgan fingerprint density at radius 2 is 2.09 bits per heavy atom. The van der Waals surface area contributed by atoms with E-state index in [1.54, 1.807) is 6.33 Å². The maximum Gasteiger partial charge on any atom is 0.131 e. The summed E-state index contributed by atoms with van der Waals surface area (Å²) in [7, 11) is 2.03. The van der Waals surface area contributed by atoms with Gasteiger partial charge in [-0.15, -0.1) is 0 Å². The molecule has 3 rings (SSSR count). The summed E-state index contributed by atoms with van der Waals surface area (Å²) < 4.78 is 10.9. The number of aromatic nitrogens is 2. The van der Waals surface area contributed by atoms with E-state index < -0.39 is 0 Å². The average molecular weight is 307 g/mol. The number of aliphatic hydroxyl groups excluding tert-OH is 1. The summed E-state index contributed by atoms with van der Waals surface area (Å²) in [5, 5.41) is 9.83. The molecule has 0 spiro atoms. The van der Waals surface area contributed by atoms with Crippen LogP contribution in [0.4, 0.5) is 5.82 Å². The average Bonchev–Trinajstić information content (AvgIpc) is 3.10. The zero-order valence-corrected chi connectivity index (χ0v) is 13.2. The summed E-state index contributed by atoms with van der Waals surface area (Å²) in [5.41, 5.74) is 0.966. The summed E-state index contributed by atoms with van der Waals surface area (Å²) in [6.07, 6.45) is 4.44. The molecule has 2 aliphatic heterocycles. The Morgan fingerprint density at radius 1 is 1.27 bits per heavy atom. The highest BCUT2D eigenvalue weighted by molar-refractivity contribution is 5.39. The van der Waals surface area contributed by atoms with Gasteiger partial charge in [0.15, 0.2) is 0 Å². The van der Waals surface area contributed by atoms with E-state index in [4.69, 9.17) is 9.47 Å². The number of rotatable bonds is 5. The third kappa shape index (κ3) is 3.39. The van der Waals surface area contributed by atoms with Gasteiger partial charge in [0.2, 0.25) is 0 Å². The largest absolute Gasteiger partial charge is 0.396 e. The maximum absolute atomic E-state index is 9.83. The molecule has 3 heterocycles. The Morgan fingerprint density at radius 3 is 2.77 bits per heavy atom. The zero-order chi connectivity index (χ0) is 15.4. The van der Waals surface area contributed by atoms with Crippen molar-refractivity contribution in [3.63, 3.8) is 0 Å². The third-order valence-corrected chi connectivity index (χ3v) is 4.87. The molecule has 0 bridgehead atoms. The van der Waals surface area contributed by atoms with Crippen molar-refractivity contribution < 1.29 is 14.6 Å². The summed E-state index contributed by atoms with van der Waals surface area (Å²) in [6.45, 7) is 3.98. The molecule has 0 radical (unpaired) electrons. The third-order valence-electron chi connectivity index (χ3n) is 4.87. The standard InChI is InChI=1S/C16H25N3O3/c1-19(10-16(11-20)3-6-21-7-4-16)15-8-14(17-12-18-15)13-2-5-22-9-13/h8,12-13,20H,2-7,9-11H2,1H3. The molecule has 2 fully saturated rings. The molecule has 6 nitrogen and oxygen atoms in total. The minimum absolute atomic E-state index is 0.0887. The quantitative estimate of drug-likeness (QED) is 0.882. The number of ether oxygens (including phenoxy) is 2. The minimum Gasteiger partial charge on any atom is -0.396 e. The van der Waals surface area contributed by atoms with Gasteiger partial charge in [-0.1, -0.05) is 0 Å². The number of anilines is 1. The molecule has 1 aromatic rings. The summed E-state index contributed by atoms with van der Waals surface area (Å²) in [4.78, 5) is 10.9. The van der Waals surface area contributed by atoms with E-state index in [9.17, 15) is 5.11 Å². The molecule has 0 saturated carbocycles. The maximum atomic E-state index is 9.83. The molecule has 1 unspecified atom stereocenters. The second kappa shape index (κ2) is 6.89. The first-order valence-corrected chi connectivity index (χ1v) is 8.02. The molecule has 0 amide bonds. The van der Waals surface area contributed by atoms with Gasteiger partial charge < -0.3 is 19.5 Å². The van der Waals surface area contributed by atoms with Gasteiger partial charge >= 0.3 is 0 Å². The second-order valence-corrected chi connectivity index (χ2v) is 6.49. The number of hydrogen-bond donors (Lipinski definition) is 1. The van der Waals surface area contributed by atoms with Crippen LogP contribution in [-0.2, 0) is 9.47 Å². The first-order valence-electron chi connectivity index (χ1n) is 8.02. The van der Waals surface area contributed by atoms with Gasteiger partial charge in [0.05, 0.1) is 18.9 Å². The van der Waals surface area contributed by atoms with Gasteiger partial charge in [0.25, 0.3) is 0 Å². The van der Waals surface area contributed by atoms with Crippen molar-refractivity contribution >= 4 is 5.82 Å². The van der Waals surface area contributed by atoms with E-state index in [1.165, 1.54) is 0 Å². The van der Waals surface area contributed by atoms with Gasteiger partial charge in [-0.05, 0) is 19.3 Å². The van der Waals surface area contributed by atoms with Crippen LogP contribution in [0.2, 0.25) is 0 Å². The van der Waals surface area contributed by atoms with Gasteiger partial charge in [0, 0.05) is 50.8 Å². The molecule has 1 aromatic heterocycles. The Bertz CT molecular complexity index is 485. The predicted molar refractivity (Wildman–Crippen MR) is 83.1 cm³/mol. The van der Waals surface area contributed by atoms with Crippen molar-refractivity contribution in [1.82, 2.24) is 9.97 Å². The predicted octanol–water partition coefficient (Wildman–Crippen LogP) is 1.21. The normalized spacial score (nSPS) is 24.4. The fourth-order valence-electron chi connectivity index (χ4n) is 3.32. The lowest BCUT2D eigenvalue weighted by atomic mass is 9.80. The van der Waals surface area contributed by atoms with E-state index in [1.807, 2.05) is 7.05 Å². The number of nitrogens with zero attached hydrogens (tertiary/aromatic N) is 3. The molecule has 1 atom stereocenters. The number of aliphatic hydroxyl groups is 1. The topological polar surface area (TPSA) is 67.7 Å². The first kappa shape index (κ1) is 15.6. The van der Waals surface area contributed by atoms with Crippen molar-refractivity contribution in [2.24, 2.45) is 5.41 Å². The van der Waals surface area contributed by atoms with Crippen LogP contribution >= 0.6 is 0 Å². The van der Waals surface area contributed by atoms with Crippen molar-refractivity contribution in [2.45, 2.75) is 25.2 Å². The van der Waals surface area contributed by atoms with Crippen molar-refractivity contribution in [1.29, 1.82) is 0 Å². The van der Waals surface area contributed by atoms with Gasteiger partial charge in [-0.3, -0.25) is 0 Å². The first-order chi connectivity index (χ1) is 10.7. The molecule has 122 valence electrons. The van der Waals surface area contributed by atoms with Gasteiger partial charge in [-0.25, -0.2) is 9.97 Å². The fraction of sp³-hybridized carbons (Fsp3) is 0.750. The minimum atomic E-state index is -0.0887. The van der Waals surface area contributed by atoms with Crippen molar-refractivity contribution in [3.8, 4) is 0 Å². The Kier molecular flexibility index (Phi) is 4.90. The lowest BCUT2D eigenvalue weighted by Crippen LogP contribution is -2.43. The van der Waals surface area contributed by atoms with E-state index in [2.05, 4.69) is 20.9 Å². The molecule has 1 N–H and O–H groups in total. The van der Waals surface area contributed by atoms with Crippen LogP contribution in [0.25, 0.3) is 0 Å². The van der Waals surface area contributed by atoms with Crippen LogP contribution in [0.3, 0.4) is 0 Å². The van der Waals surface area contributed by atoms with E-state index >= 15 is 0 Å². The fourth-order valence-corrected chi connectivity index (χ4v) is 3.32. The smallest absolute Gasteiger partial charge is 0.131 e. The van der Waals surface area contributed by atoms with E-state index in [0.717, 1.165) is 63.7 Å². The van der Waals surface area contributed by atoms with Crippen LogP contribution < -0.4 is 4.90 Å². The molecule has 6 heteroatoms. The summed E-state index contributed by atoms with van der Waals surface area (Å²) in [5.74, 6) is 1.29. The molecular weight excluding hydrogens is 282 g/mol. The van der Waals surface area contributed by atoms with Crippen LogP contribution in [0, 0.1) is 5.41 Å². The lowest BCUT2D eigenvalue weighted by Gasteiger charge is -2.38. The molecule has 2 aliphatic rings. The highest BCUT2D eigenvalue weighted by Gasteiger charge is 2.33. The highest BCUT2D eigenvalue weighted by atomic mass is 16.5. The monoisotopic (exact) mass is 307 g/mol. The Hall–Kier alpha value is -1.24. The van der Waals surface area contributed by atoms with Gasteiger partial charge in [-0.2, -0.15) is 0 Å². The molecular formula is C16H25N3O3. The van der Waals surface area contributed by atoms with Crippen molar-refractivity contribution in [2.75, 3.05) is 51.5 Å². The summed E-state index contributed by atoms with van der Waals surface area (Å²) in [6, 6.07) is 2.06. The van der Waals surface area contributed by atoms with E-state index in [-0.39, 0.29) is 12.0 Å². The molecule has 0 aliphatic carbocycles. The zero-order valence-electron chi connectivity index (χ0n) is 13.2. The van der Waals surface area contributed by atoms with E-state index in [0.29, 0.717) is 5.92 Å². The van der Waals surface area contributed by atoms with Crippen molar-refractivity contribution in [3.05, 3.63) is 18.1 Å². The second-order valence-electron chi connectivity index (χ2n) is 6.49. The Balaban J connectivity index is 1.71. The molecule has 22 heavy (non-hydrogen) atoms. The lowest BCUT2D eigenvalue weighted by molar-refractivity contribution is -0.0113. The Labute approximate surface area is 131 Å². The summed E-state index contributed by atoms with van der Waals surface area (Å²) >= 11 is 0. The molecule has 0 aromatic carbocycles. The van der Waals surface area contributed by atoms with Crippen LogP contribution in [0.15, 0.2) is 12.4 Å². The highest BCUT2D eigenvalue weighted by Crippen LogP contribution is 2.32. The van der Waals surface area contributed by atoms with Gasteiger partial charge in [0.1, 0.15) is 12.1 Å². The SMILES string of the molecule is CN(CC1(CO)CCOCC1)c1cc(C2CCOC2)ncn1. The van der Waals surface area contributed by atoms with Crippen LogP contribution in [0.5, 0.6) is 0 Å². The van der Waals surface area contributed by atoms with Crippen LogP contribution in [0.1, 0.15) is 30.9 Å². The van der Waals surface area contributed by atoms with Crippen LogP contribution in [-0.4, -0.2) is 61.7 Å².